The number of rotatable bonds is 7. The van der Waals surface area contributed by atoms with Crippen molar-refractivity contribution < 1.29 is 14.3 Å². The van der Waals surface area contributed by atoms with E-state index in [4.69, 9.17) is 15.2 Å². The highest BCUT2D eigenvalue weighted by Gasteiger charge is 2.21. The van der Waals surface area contributed by atoms with Gasteiger partial charge in [0.15, 0.2) is 0 Å². The number of ether oxygens (including phenoxy) is 2. The van der Waals surface area contributed by atoms with Gasteiger partial charge in [-0.05, 0) is 62.4 Å². The Morgan fingerprint density at radius 1 is 1.00 bits per heavy atom. The lowest BCUT2D eigenvalue weighted by molar-refractivity contribution is 0.0487. The molecule has 2 aromatic carbocycles. The van der Waals surface area contributed by atoms with Gasteiger partial charge in [0.2, 0.25) is 0 Å². The van der Waals surface area contributed by atoms with E-state index in [9.17, 15) is 4.79 Å². The zero-order valence-electron chi connectivity index (χ0n) is 22.5. The molecular formula is C31H30BrN5O3. The molecule has 3 aromatic heterocycles. The highest BCUT2D eigenvalue weighted by atomic mass is 79.9. The fraction of sp³-hybridized carbons (Fsp3) is 0.226. The number of hydrogen-bond acceptors (Lipinski definition) is 7. The quantitative estimate of drug-likeness (QED) is 0.200. The summed E-state index contributed by atoms with van der Waals surface area (Å²) in [6.07, 6.45) is 5.19. The number of nitrogens with zero attached hydrogens (tertiary/aromatic N) is 3. The zero-order chi connectivity index (χ0) is 28.3. The molecule has 204 valence electrons. The van der Waals surface area contributed by atoms with Crippen LogP contribution < -0.4 is 15.8 Å². The summed E-state index contributed by atoms with van der Waals surface area (Å²) in [5, 5.41) is 5.66. The number of carbonyl (C=O) groups is 1. The van der Waals surface area contributed by atoms with Crippen LogP contribution in [0.1, 0.15) is 26.3 Å². The van der Waals surface area contributed by atoms with E-state index in [1.165, 1.54) is 0 Å². The summed E-state index contributed by atoms with van der Waals surface area (Å²) < 4.78 is 12.6. The van der Waals surface area contributed by atoms with E-state index in [1.54, 1.807) is 18.6 Å². The van der Waals surface area contributed by atoms with E-state index in [1.807, 2.05) is 81.4 Å². The first-order valence-corrected chi connectivity index (χ1v) is 13.7. The van der Waals surface area contributed by atoms with Crippen molar-refractivity contribution in [3.63, 3.8) is 0 Å². The van der Waals surface area contributed by atoms with Crippen LogP contribution in [0.5, 0.6) is 5.75 Å². The van der Waals surface area contributed by atoms with E-state index in [-0.39, 0.29) is 12.6 Å². The summed E-state index contributed by atoms with van der Waals surface area (Å²) in [7, 11) is 0. The Morgan fingerprint density at radius 2 is 1.80 bits per heavy atom. The minimum absolute atomic E-state index is 0.220. The lowest BCUT2D eigenvalue weighted by Gasteiger charge is -2.24. The molecular weight excluding hydrogens is 570 g/mol. The number of nitrogens with one attached hydrogen (secondary N) is 1. The van der Waals surface area contributed by atoms with Crippen LogP contribution in [0, 0.1) is 0 Å². The lowest BCUT2D eigenvalue weighted by Crippen LogP contribution is -2.43. The Hall–Kier alpha value is -4.24. The predicted molar refractivity (Wildman–Crippen MR) is 161 cm³/mol. The average molecular weight is 601 g/mol. The van der Waals surface area contributed by atoms with Crippen LogP contribution >= 0.6 is 15.9 Å². The number of benzene rings is 2. The van der Waals surface area contributed by atoms with Gasteiger partial charge in [0, 0.05) is 33.2 Å². The third-order valence-corrected chi connectivity index (χ3v) is 6.67. The molecule has 3 N–H and O–H groups in total. The third-order valence-electron chi connectivity index (χ3n) is 6.18. The fourth-order valence-corrected chi connectivity index (χ4v) is 4.76. The van der Waals surface area contributed by atoms with E-state index in [0.29, 0.717) is 23.7 Å². The number of pyridine rings is 3. The SMILES string of the molecule is CC(C)(C)OC(=O)NC(COc1cncc(-c2cc3c(cnc4cc(Br)ccc43)c(N)n2)c1)Cc1ccccc1. The number of anilines is 1. The van der Waals surface area contributed by atoms with Gasteiger partial charge in [0.05, 0.1) is 23.4 Å². The molecule has 0 fully saturated rings. The van der Waals surface area contributed by atoms with Crippen LogP contribution in [0.3, 0.4) is 0 Å². The number of nitrogens with two attached hydrogens (primary N) is 1. The first-order chi connectivity index (χ1) is 19.1. The van der Waals surface area contributed by atoms with Crippen LogP contribution in [0.15, 0.2) is 83.7 Å². The molecule has 0 aliphatic heterocycles. The Morgan fingerprint density at radius 3 is 2.58 bits per heavy atom. The van der Waals surface area contributed by atoms with Crippen LogP contribution in [-0.2, 0) is 11.2 Å². The van der Waals surface area contributed by atoms with Gasteiger partial charge in [-0.1, -0.05) is 52.3 Å². The van der Waals surface area contributed by atoms with Crippen molar-refractivity contribution in [1.82, 2.24) is 20.3 Å². The maximum atomic E-state index is 12.5. The molecule has 9 heteroatoms. The number of carbonyl (C=O) groups excluding carboxylic acids is 1. The van der Waals surface area contributed by atoms with Crippen LogP contribution in [-0.4, -0.2) is 39.3 Å². The summed E-state index contributed by atoms with van der Waals surface area (Å²) in [5.41, 5.74) is 9.11. The molecule has 5 rings (SSSR count). The van der Waals surface area contributed by atoms with Crippen molar-refractivity contribution in [1.29, 1.82) is 0 Å². The van der Waals surface area contributed by atoms with Crippen molar-refractivity contribution >= 4 is 49.5 Å². The fourth-order valence-electron chi connectivity index (χ4n) is 4.41. The summed E-state index contributed by atoms with van der Waals surface area (Å²) >= 11 is 3.51. The van der Waals surface area contributed by atoms with Crippen LogP contribution in [0.2, 0.25) is 0 Å². The smallest absolute Gasteiger partial charge is 0.408 e. The van der Waals surface area contributed by atoms with Crippen molar-refractivity contribution in [3.8, 4) is 17.0 Å². The number of fused-ring (bicyclic) bond motifs is 3. The highest BCUT2D eigenvalue weighted by molar-refractivity contribution is 9.10. The number of aromatic nitrogens is 3. The van der Waals surface area contributed by atoms with Crippen molar-refractivity contribution in [2.75, 3.05) is 12.3 Å². The van der Waals surface area contributed by atoms with Crippen molar-refractivity contribution in [2.24, 2.45) is 0 Å². The second-order valence-corrected chi connectivity index (χ2v) is 11.4. The third kappa shape index (κ3) is 6.66. The average Bonchev–Trinajstić information content (AvgIpc) is 2.91. The number of alkyl carbamates (subject to hydrolysis) is 1. The van der Waals surface area contributed by atoms with E-state index >= 15 is 0 Å². The minimum atomic E-state index is -0.604. The van der Waals surface area contributed by atoms with Gasteiger partial charge >= 0.3 is 6.09 Å². The van der Waals surface area contributed by atoms with Gasteiger partial charge in [0.25, 0.3) is 0 Å². The highest BCUT2D eigenvalue weighted by Crippen LogP contribution is 2.32. The summed E-state index contributed by atoms with van der Waals surface area (Å²) in [6, 6.07) is 19.4. The number of amides is 1. The Labute approximate surface area is 241 Å². The molecule has 0 saturated heterocycles. The summed E-state index contributed by atoms with van der Waals surface area (Å²) in [5.74, 6) is 0.936. The summed E-state index contributed by atoms with van der Waals surface area (Å²) in [6.45, 7) is 5.71. The number of halogens is 1. The Kier molecular flexibility index (Phi) is 7.84. The molecule has 0 aliphatic rings. The first kappa shape index (κ1) is 27.3. The maximum Gasteiger partial charge on any atom is 0.408 e. The number of hydrogen-bond donors (Lipinski definition) is 2. The Balaban J connectivity index is 1.39. The molecule has 40 heavy (non-hydrogen) atoms. The molecule has 3 heterocycles. The Bertz CT molecular complexity index is 1670. The van der Waals surface area contributed by atoms with Gasteiger partial charge in [0.1, 0.15) is 23.8 Å². The molecule has 0 aliphatic carbocycles. The van der Waals surface area contributed by atoms with E-state index in [0.717, 1.165) is 37.3 Å². The van der Waals surface area contributed by atoms with Gasteiger partial charge in [-0.15, -0.1) is 0 Å². The molecule has 0 spiro atoms. The van der Waals surface area contributed by atoms with Gasteiger partial charge in [-0.2, -0.15) is 0 Å². The monoisotopic (exact) mass is 599 g/mol. The largest absolute Gasteiger partial charge is 0.490 e. The topological polar surface area (TPSA) is 112 Å². The van der Waals surface area contributed by atoms with Crippen LogP contribution in [0.4, 0.5) is 10.6 Å². The minimum Gasteiger partial charge on any atom is -0.490 e. The molecule has 1 atom stereocenters. The summed E-state index contributed by atoms with van der Waals surface area (Å²) in [4.78, 5) is 26.1. The molecule has 0 saturated carbocycles. The molecule has 5 aromatic rings. The maximum absolute atomic E-state index is 12.5. The van der Waals surface area contributed by atoms with Gasteiger partial charge in [-0.25, -0.2) is 9.78 Å². The predicted octanol–water partition coefficient (Wildman–Crippen LogP) is 6.70. The number of nitrogen functional groups attached to an aromatic ring is 1. The van der Waals surface area contributed by atoms with E-state index < -0.39 is 11.7 Å². The van der Waals surface area contributed by atoms with Crippen molar-refractivity contribution in [2.45, 2.75) is 38.8 Å². The lowest BCUT2D eigenvalue weighted by atomic mass is 10.0. The molecule has 0 radical (unpaired) electrons. The molecule has 1 unspecified atom stereocenters. The van der Waals surface area contributed by atoms with Crippen LogP contribution in [0.25, 0.3) is 32.9 Å². The van der Waals surface area contributed by atoms with Crippen molar-refractivity contribution in [3.05, 3.63) is 89.3 Å². The molecule has 8 nitrogen and oxygen atoms in total. The zero-order valence-corrected chi connectivity index (χ0v) is 24.1. The molecule has 0 bridgehead atoms. The normalized spacial score (nSPS) is 12.3. The van der Waals surface area contributed by atoms with E-state index in [2.05, 4.69) is 36.2 Å². The first-order valence-electron chi connectivity index (χ1n) is 12.9. The standard InChI is InChI=1S/C31H30BrN5O3/c1-31(2,3)40-30(38)36-22(11-19-7-5-4-6-8-19)18-39-23-12-20(15-34-16-23)27-14-25-24-10-9-21(32)13-28(24)35-17-26(25)29(33)37-27/h4-10,12-17,22H,11,18H2,1-3H3,(H2,33,37)(H,36,38). The second-order valence-electron chi connectivity index (χ2n) is 10.5. The van der Waals surface area contributed by atoms with Gasteiger partial charge in [-0.3, -0.25) is 9.97 Å². The van der Waals surface area contributed by atoms with Gasteiger partial charge < -0.3 is 20.5 Å². The molecule has 1 amide bonds. The second kappa shape index (κ2) is 11.5.